The largest absolute Gasteiger partial charge is 0.481 e. The molecule has 1 heterocycles. The SMILES string of the molecule is O=C(O)CCN1CSCCCSC1. The lowest BCUT2D eigenvalue weighted by molar-refractivity contribution is -0.137. The van der Waals surface area contributed by atoms with Crippen LogP contribution in [0.5, 0.6) is 0 Å². The number of rotatable bonds is 3. The van der Waals surface area contributed by atoms with Crippen LogP contribution >= 0.6 is 23.5 Å². The normalized spacial score (nSPS) is 20.6. The molecule has 5 heteroatoms. The Hall–Kier alpha value is 0.130. The monoisotopic (exact) mass is 221 g/mol. The second-order valence-electron chi connectivity index (χ2n) is 2.97. The molecular weight excluding hydrogens is 206 g/mol. The van der Waals surface area contributed by atoms with Crippen molar-refractivity contribution in [3.63, 3.8) is 0 Å². The first-order valence-corrected chi connectivity index (χ1v) is 6.69. The van der Waals surface area contributed by atoms with E-state index in [9.17, 15) is 4.79 Å². The fourth-order valence-corrected chi connectivity index (χ4v) is 3.28. The summed E-state index contributed by atoms with van der Waals surface area (Å²) in [4.78, 5) is 12.6. The second-order valence-corrected chi connectivity index (χ2v) is 5.12. The molecule has 1 fully saturated rings. The number of hydrogen-bond acceptors (Lipinski definition) is 4. The van der Waals surface area contributed by atoms with E-state index >= 15 is 0 Å². The van der Waals surface area contributed by atoms with Gasteiger partial charge in [-0.1, -0.05) is 0 Å². The summed E-state index contributed by atoms with van der Waals surface area (Å²) >= 11 is 3.82. The zero-order chi connectivity index (χ0) is 9.52. The van der Waals surface area contributed by atoms with E-state index in [4.69, 9.17) is 5.11 Å². The van der Waals surface area contributed by atoms with Crippen LogP contribution < -0.4 is 0 Å². The molecule has 13 heavy (non-hydrogen) atoms. The summed E-state index contributed by atoms with van der Waals surface area (Å²) < 4.78 is 0. The Morgan fingerprint density at radius 1 is 1.31 bits per heavy atom. The summed E-state index contributed by atoms with van der Waals surface area (Å²) in [5, 5.41) is 8.53. The Morgan fingerprint density at radius 3 is 2.46 bits per heavy atom. The third kappa shape index (κ3) is 5.44. The number of aliphatic carboxylic acids is 1. The number of carboxylic acids is 1. The van der Waals surface area contributed by atoms with Gasteiger partial charge in [0.2, 0.25) is 0 Å². The van der Waals surface area contributed by atoms with Gasteiger partial charge in [-0.25, -0.2) is 0 Å². The standard InChI is InChI=1S/C8H15NO2S2/c10-8(11)2-3-9-6-12-4-1-5-13-7-9/h1-7H2,(H,10,11). The molecule has 0 aromatic rings. The minimum atomic E-state index is -0.697. The van der Waals surface area contributed by atoms with Crippen LogP contribution in [0, 0.1) is 0 Å². The molecule has 1 aliphatic heterocycles. The van der Waals surface area contributed by atoms with Gasteiger partial charge in [0.1, 0.15) is 0 Å². The van der Waals surface area contributed by atoms with Crippen LogP contribution in [0.1, 0.15) is 12.8 Å². The molecule has 1 aliphatic rings. The van der Waals surface area contributed by atoms with Gasteiger partial charge < -0.3 is 5.11 Å². The number of carboxylic acid groups (broad SMARTS) is 1. The van der Waals surface area contributed by atoms with E-state index in [1.54, 1.807) is 0 Å². The average Bonchev–Trinajstić information content (AvgIpc) is 2.01. The van der Waals surface area contributed by atoms with Gasteiger partial charge in [0, 0.05) is 18.3 Å². The molecular formula is C8H15NO2S2. The van der Waals surface area contributed by atoms with E-state index in [1.807, 2.05) is 23.5 Å². The van der Waals surface area contributed by atoms with E-state index in [0.29, 0.717) is 6.54 Å². The molecule has 3 nitrogen and oxygen atoms in total. The smallest absolute Gasteiger partial charge is 0.304 e. The van der Waals surface area contributed by atoms with Crippen LogP contribution in [-0.4, -0.2) is 45.8 Å². The lowest BCUT2D eigenvalue weighted by atomic mass is 10.4. The van der Waals surface area contributed by atoms with Gasteiger partial charge in [0.05, 0.1) is 6.42 Å². The van der Waals surface area contributed by atoms with Crippen molar-refractivity contribution < 1.29 is 9.90 Å². The van der Waals surface area contributed by atoms with E-state index in [2.05, 4.69) is 4.90 Å². The topological polar surface area (TPSA) is 40.5 Å². The Bertz CT molecular complexity index is 158. The molecule has 1 rings (SSSR count). The van der Waals surface area contributed by atoms with Crippen molar-refractivity contribution in [1.82, 2.24) is 4.90 Å². The molecule has 0 unspecified atom stereocenters. The van der Waals surface area contributed by atoms with E-state index in [0.717, 1.165) is 11.8 Å². The summed E-state index contributed by atoms with van der Waals surface area (Å²) in [6.07, 6.45) is 1.54. The van der Waals surface area contributed by atoms with Gasteiger partial charge in [-0.3, -0.25) is 9.69 Å². The molecule has 0 aliphatic carbocycles. The van der Waals surface area contributed by atoms with Crippen molar-refractivity contribution in [3.8, 4) is 0 Å². The molecule has 0 aromatic heterocycles. The maximum absolute atomic E-state index is 10.4. The first-order valence-electron chi connectivity index (χ1n) is 4.38. The molecule has 76 valence electrons. The molecule has 0 atom stereocenters. The number of hydrogen-bond donors (Lipinski definition) is 1. The summed E-state index contributed by atoms with van der Waals surface area (Å²) in [5.41, 5.74) is 0. The maximum atomic E-state index is 10.4. The lowest BCUT2D eigenvalue weighted by Crippen LogP contribution is -2.27. The minimum Gasteiger partial charge on any atom is -0.481 e. The van der Waals surface area contributed by atoms with Crippen LogP contribution in [0.15, 0.2) is 0 Å². The fraction of sp³-hybridized carbons (Fsp3) is 0.875. The van der Waals surface area contributed by atoms with Crippen LogP contribution in [0.4, 0.5) is 0 Å². The molecule has 1 saturated heterocycles. The van der Waals surface area contributed by atoms with Crippen LogP contribution in [0.3, 0.4) is 0 Å². The first kappa shape index (κ1) is 11.2. The average molecular weight is 221 g/mol. The van der Waals surface area contributed by atoms with Gasteiger partial charge in [0.25, 0.3) is 0 Å². The second kappa shape index (κ2) is 6.56. The van der Waals surface area contributed by atoms with Gasteiger partial charge in [-0.15, -0.1) is 23.5 Å². The molecule has 1 N–H and O–H groups in total. The summed E-state index contributed by atoms with van der Waals surface area (Å²) in [6, 6.07) is 0. The number of carbonyl (C=O) groups is 1. The molecule has 0 amide bonds. The predicted molar refractivity (Wildman–Crippen MR) is 58.2 cm³/mol. The summed E-state index contributed by atoms with van der Waals surface area (Å²) in [5.74, 6) is 3.69. The Kier molecular flexibility index (Phi) is 5.66. The molecule has 0 spiro atoms. The van der Waals surface area contributed by atoms with Gasteiger partial charge >= 0.3 is 5.97 Å². The quantitative estimate of drug-likeness (QED) is 0.783. The van der Waals surface area contributed by atoms with Crippen LogP contribution in [0.2, 0.25) is 0 Å². The summed E-state index contributed by atoms with van der Waals surface area (Å²) in [7, 11) is 0. The third-order valence-corrected chi connectivity index (χ3v) is 4.02. The van der Waals surface area contributed by atoms with Crippen molar-refractivity contribution in [1.29, 1.82) is 0 Å². The fourth-order valence-electron chi connectivity index (χ4n) is 1.07. The molecule has 0 radical (unpaired) electrons. The number of nitrogens with zero attached hydrogens (tertiary/aromatic N) is 1. The van der Waals surface area contributed by atoms with Crippen molar-refractivity contribution in [2.24, 2.45) is 0 Å². The van der Waals surface area contributed by atoms with Crippen molar-refractivity contribution in [2.75, 3.05) is 29.8 Å². The zero-order valence-electron chi connectivity index (χ0n) is 7.57. The third-order valence-electron chi connectivity index (χ3n) is 1.77. The van der Waals surface area contributed by atoms with Crippen molar-refractivity contribution in [2.45, 2.75) is 12.8 Å². The van der Waals surface area contributed by atoms with Crippen molar-refractivity contribution in [3.05, 3.63) is 0 Å². The highest BCUT2D eigenvalue weighted by Gasteiger charge is 2.09. The maximum Gasteiger partial charge on any atom is 0.304 e. The highest BCUT2D eigenvalue weighted by molar-refractivity contribution is 8.00. The molecule has 0 saturated carbocycles. The highest BCUT2D eigenvalue weighted by Crippen LogP contribution is 2.16. The van der Waals surface area contributed by atoms with Gasteiger partial charge in [-0.05, 0) is 17.9 Å². The molecule has 0 aromatic carbocycles. The Morgan fingerprint density at radius 2 is 1.92 bits per heavy atom. The van der Waals surface area contributed by atoms with E-state index in [1.165, 1.54) is 17.9 Å². The highest BCUT2D eigenvalue weighted by atomic mass is 32.2. The molecule has 0 bridgehead atoms. The van der Waals surface area contributed by atoms with Crippen molar-refractivity contribution >= 4 is 29.5 Å². The van der Waals surface area contributed by atoms with E-state index in [-0.39, 0.29) is 6.42 Å². The summed E-state index contributed by atoms with van der Waals surface area (Å²) in [6.45, 7) is 0.690. The van der Waals surface area contributed by atoms with Gasteiger partial charge in [0.15, 0.2) is 0 Å². The van der Waals surface area contributed by atoms with Crippen LogP contribution in [0.25, 0.3) is 0 Å². The minimum absolute atomic E-state index is 0.265. The Balaban J connectivity index is 2.17. The number of thioether (sulfide) groups is 2. The van der Waals surface area contributed by atoms with Gasteiger partial charge in [-0.2, -0.15) is 0 Å². The first-order chi connectivity index (χ1) is 6.29. The van der Waals surface area contributed by atoms with Crippen LogP contribution in [-0.2, 0) is 4.79 Å². The predicted octanol–water partition coefficient (Wildman–Crippen LogP) is 1.55. The zero-order valence-corrected chi connectivity index (χ0v) is 9.20. The lowest BCUT2D eigenvalue weighted by Gasteiger charge is -2.22. The Labute approximate surface area is 87.2 Å². The van der Waals surface area contributed by atoms with E-state index < -0.39 is 5.97 Å².